The molecule has 0 aliphatic heterocycles. The summed E-state index contributed by atoms with van der Waals surface area (Å²) < 4.78 is 0. The van der Waals surface area contributed by atoms with E-state index >= 15 is 0 Å². The molecule has 0 aliphatic carbocycles. The Hall–Kier alpha value is -2.88. The number of H-pyrrole nitrogens is 1. The fourth-order valence-electron chi connectivity index (χ4n) is 2.46. The highest BCUT2D eigenvalue weighted by atomic mass is 16.3. The van der Waals surface area contributed by atoms with Crippen molar-refractivity contribution in [2.75, 3.05) is 0 Å². The van der Waals surface area contributed by atoms with Crippen LogP contribution in [0.2, 0.25) is 0 Å². The highest BCUT2D eigenvalue weighted by Crippen LogP contribution is 2.32. The molecule has 0 spiro atoms. The Morgan fingerprint density at radius 1 is 1.00 bits per heavy atom. The molecule has 20 heavy (non-hydrogen) atoms. The van der Waals surface area contributed by atoms with E-state index in [0.29, 0.717) is 0 Å². The third-order valence-corrected chi connectivity index (χ3v) is 3.41. The second kappa shape index (κ2) is 4.06. The number of nitrogens with zero attached hydrogens (tertiary/aromatic N) is 2. The Kier molecular flexibility index (Phi) is 2.23. The lowest BCUT2D eigenvalue weighted by atomic mass is 10.1. The monoisotopic (exact) mass is 261 g/mol. The van der Waals surface area contributed by atoms with Crippen molar-refractivity contribution in [3.8, 4) is 17.1 Å². The first-order valence-corrected chi connectivity index (χ1v) is 6.34. The summed E-state index contributed by atoms with van der Waals surface area (Å²) in [6.45, 7) is 0. The summed E-state index contributed by atoms with van der Waals surface area (Å²) in [5.74, 6) is 1.01. The van der Waals surface area contributed by atoms with Crippen LogP contribution in [0.15, 0.2) is 54.9 Å². The minimum Gasteiger partial charge on any atom is -0.507 e. The van der Waals surface area contributed by atoms with Gasteiger partial charge >= 0.3 is 0 Å². The average Bonchev–Trinajstić information content (AvgIpc) is 2.93. The Labute approximate surface area is 114 Å². The van der Waals surface area contributed by atoms with E-state index in [1.54, 1.807) is 18.5 Å². The van der Waals surface area contributed by atoms with Crippen LogP contribution in [0.3, 0.4) is 0 Å². The van der Waals surface area contributed by atoms with Crippen molar-refractivity contribution in [1.82, 2.24) is 15.0 Å². The SMILES string of the molecule is Oc1cc2[nH]c(-c3cccnc3)nc2c2ccccc12. The van der Waals surface area contributed by atoms with E-state index in [0.717, 1.165) is 33.2 Å². The summed E-state index contributed by atoms with van der Waals surface area (Å²) in [5, 5.41) is 11.8. The molecule has 2 aromatic carbocycles. The Bertz CT molecular complexity index is 913. The van der Waals surface area contributed by atoms with Crippen molar-refractivity contribution in [2.45, 2.75) is 0 Å². The van der Waals surface area contributed by atoms with Crippen molar-refractivity contribution in [3.63, 3.8) is 0 Å². The summed E-state index contributed by atoms with van der Waals surface area (Å²) in [7, 11) is 0. The minimum atomic E-state index is 0.259. The third kappa shape index (κ3) is 1.55. The highest BCUT2D eigenvalue weighted by Gasteiger charge is 2.11. The van der Waals surface area contributed by atoms with Gasteiger partial charge in [-0.05, 0) is 12.1 Å². The molecule has 4 rings (SSSR count). The summed E-state index contributed by atoms with van der Waals surface area (Å²) >= 11 is 0. The lowest BCUT2D eigenvalue weighted by Gasteiger charge is -2.00. The van der Waals surface area contributed by atoms with Crippen molar-refractivity contribution in [2.24, 2.45) is 0 Å². The molecule has 0 bridgehead atoms. The number of fused-ring (bicyclic) bond motifs is 3. The van der Waals surface area contributed by atoms with Crippen LogP contribution in [0.4, 0.5) is 0 Å². The number of benzene rings is 2. The first-order valence-electron chi connectivity index (χ1n) is 6.34. The van der Waals surface area contributed by atoms with Gasteiger partial charge in [0.25, 0.3) is 0 Å². The van der Waals surface area contributed by atoms with Gasteiger partial charge in [-0.1, -0.05) is 24.3 Å². The molecule has 0 unspecified atom stereocenters. The zero-order valence-electron chi connectivity index (χ0n) is 10.5. The second-order valence-electron chi connectivity index (χ2n) is 4.66. The Morgan fingerprint density at radius 2 is 1.85 bits per heavy atom. The Balaban J connectivity index is 2.07. The maximum Gasteiger partial charge on any atom is 0.140 e. The van der Waals surface area contributed by atoms with Gasteiger partial charge in [0.1, 0.15) is 11.6 Å². The topological polar surface area (TPSA) is 61.8 Å². The van der Waals surface area contributed by atoms with Gasteiger partial charge in [-0.2, -0.15) is 0 Å². The predicted octanol–water partition coefficient (Wildman–Crippen LogP) is 3.48. The smallest absolute Gasteiger partial charge is 0.140 e. The number of aromatic amines is 1. The maximum atomic E-state index is 10.1. The number of imidazole rings is 1. The van der Waals surface area contributed by atoms with E-state index < -0.39 is 0 Å². The van der Waals surface area contributed by atoms with Crippen LogP contribution in [-0.4, -0.2) is 20.1 Å². The number of phenolic OH excluding ortho intramolecular Hbond substituents is 1. The van der Waals surface area contributed by atoms with E-state index in [1.807, 2.05) is 36.4 Å². The number of hydrogen-bond acceptors (Lipinski definition) is 3. The van der Waals surface area contributed by atoms with Gasteiger partial charge in [-0.15, -0.1) is 0 Å². The summed E-state index contributed by atoms with van der Waals surface area (Å²) in [6.07, 6.45) is 3.49. The van der Waals surface area contributed by atoms with Crippen molar-refractivity contribution in [1.29, 1.82) is 0 Å². The molecule has 96 valence electrons. The number of rotatable bonds is 1. The van der Waals surface area contributed by atoms with Crippen LogP contribution < -0.4 is 0 Å². The molecule has 0 saturated carbocycles. The standard InChI is InChI=1S/C16H11N3O/c20-14-8-13-15(12-6-2-1-5-11(12)14)19-16(18-13)10-4-3-7-17-9-10/h1-9,20H,(H,18,19). The molecular formula is C16H11N3O. The molecule has 0 radical (unpaired) electrons. The van der Waals surface area contributed by atoms with Gasteiger partial charge < -0.3 is 10.1 Å². The Morgan fingerprint density at radius 3 is 2.65 bits per heavy atom. The fourth-order valence-corrected chi connectivity index (χ4v) is 2.46. The molecule has 4 aromatic rings. The van der Waals surface area contributed by atoms with Crippen molar-refractivity contribution >= 4 is 21.8 Å². The molecule has 0 fully saturated rings. The van der Waals surface area contributed by atoms with Crippen LogP contribution in [0, 0.1) is 0 Å². The summed E-state index contributed by atoms with van der Waals surface area (Å²) in [5.41, 5.74) is 2.60. The lowest BCUT2D eigenvalue weighted by Crippen LogP contribution is -1.80. The molecule has 2 N–H and O–H groups in total. The van der Waals surface area contributed by atoms with Gasteiger partial charge in [-0.25, -0.2) is 4.98 Å². The molecule has 0 amide bonds. The second-order valence-corrected chi connectivity index (χ2v) is 4.66. The van der Waals surface area contributed by atoms with E-state index in [2.05, 4.69) is 15.0 Å². The number of pyridine rings is 1. The van der Waals surface area contributed by atoms with Crippen LogP contribution >= 0.6 is 0 Å². The van der Waals surface area contributed by atoms with Crippen molar-refractivity contribution in [3.05, 3.63) is 54.9 Å². The molecule has 0 atom stereocenters. The van der Waals surface area contributed by atoms with Crippen LogP contribution in [-0.2, 0) is 0 Å². The number of aromatic hydroxyl groups is 1. The van der Waals surface area contributed by atoms with Crippen LogP contribution in [0.1, 0.15) is 0 Å². The molecular weight excluding hydrogens is 250 g/mol. The van der Waals surface area contributed by atoms with Gasteiger partial charge in [0.05, 0.1) is 11.0 Å². The summed E-state index contributed by atoms with van der Waals surface area (Å²) in [6, 6.07) is 13.2. The van der Waals surface area contributed by atoms with Crippen molar-refractivity contribution < 1.29 is 5.11 Å². The van der Waals surface area contributed by atoms with Gasteiger partial charge in [-0.3, -0.25) is 4.98 Å². The van der Waals surface area contributed by atoms with Crippen LogP contribution in [0.5, 0.6) is 5.75 Å². The zero-order valence-corrected chi connectivity index (χ0v) is 10.5. The van der Waals surface area contributed by atoms with Gasteiger partial charge in [0, 0.05) is 34.8 Å². The molecule has 4 nitrogen and oxygen atoms in total. The van der Waals surface area contributed by atoms with Gasteiger partial charge in [0.15, 0.2) is 0 Å². The van der Waals surface area contributed by atoms with E-state index in [1.165, 1.54) is 0 Å². The predicted molar refractivity (Wildman–Crippen MR) is 78.5 cm³/mol. The van der Waals surface area contributed by atoms with Gasteiger partial charge in [0.2, 0.25) is 0 Å². The number of phenols is 1. The first kappa shape index (κ1) is 11.0. The average molecular weight is 261 g/mol. The molecule has 0 saturated heterocycles. The van der Waals surface area contributed by atoms with Crippen LogP contribution in [0.25, 0.3) is 33.2 Å². The van der Waals surface area contributed by atoms with E-state index in [4.69, 9.17) is 0 Å². The molecule has 2 heterocycles. The maximum absolute atomic E-state index is 10.1. The minimum absolute atomic E-state index is 0.259. The highest BCUT2D eigenvalue weighted by molar-refractivity contribution is 6.07. The van der Waals surface area contributed by atoms with E-state index in [-0.39, 0.29) is 5.75 Å². The van der Waals surface area contributed by atoms with E-state index in [9.17, 15) is 5.11 Å². The first-order chi connectivity index (χ1) is 9.83. The zero-order chi connectivity index (χ0) is 13.5. The number of nitrogens with one attached hydrogen (secondary N) is 1. The number of aromatic nitrogens is 3. The molecule has 0 aliphatic rings. The third-order valence-electron chi connectivity index (χ3n) is 3.41. The quantitative estimate of drug-likeness (QED) is 0.551. The summed E-state index contributed by atoms with van der Waals surface area (Å²) in [4.78, 5) is 12.0. The number of hydrogen-bond donors (Lipinski definition) is 2. The largest absolute Gasteiger partial charge is 0.507 e. The molecule has 4 heteroatoms. The normalized spacial score (nSPS) is 11.2. The molecule has 2 aromatic heterocycles. The lowest BCUT2D eigenvalue weighted by molar-refractivity contribution is 0.482. The fraction of sp³-hybridized carbons (Fsp3) is 0.